The van der Waals surface area contributed by atoms with Gasteiger partial charge in [-0.05, 0) is 32.1 Å². The van der Waals surface area contributed by atoms with Crippen LogP contribution in [-0.4, -0.2) is 44.5 Å². The summed E-state index contributed by atoms with van der Waals surface area (Å²) in [5.41, 5.74) is 1.23. The number of carbonyl (C=O) groups excluding carboxylic acids is 1. The molecule has 0 radical (unpaired) electrons. The molecule has 4 heteroatoms. The van der Waals surface area contributed by atoms with Gasteiger partial charge >= 0.3 is 0 Å². The van der Waals surface area contributed by atoms with Crippen LogP contribution in [0.15, 0.2) is 30.3 Å². The molecule has 1 saturated heterocycles. The highest BCUT2D eigenvalue weighted by molar-refractivity contribution is 5.79. The zero-order valence-corrected chi connectivity index (χ0v) is 12.6. The molecule has 1 aromatic carbocycles. The van der Waals surface area contributed by atoms with E-state index < -0.39 is 0 Å². The average molecular weight is 275 g/mol. The van der Waals surface area contributed by atoms with Gasteiger partial charge in [0.2, 0.25) is 5.91 Å². The molecule has 110 valence electrons. The highest BCUT2D eigenvalue weighted by atomic mass is 16.1. The third-order valence-electron chi connectivity index (χ3n) is 4.13. The number of nitrogens with zero attached hydrogens (tertiary/aromatic N) is 1. The monoisotopic (exact) mass is 275 g/mol. The van der Waals surface area contributed by atoms with Crippen molar-refractivity contribution in [1.82, 2.24) is 15.5 Å². The smallest absolute Gasteiger partial charge is 0.224 e. The fraction of sp³-hybridized carbons (Fsp3) is 0.562. The van der Waals surface area contributed by atoms with E-state index in [0.29, 0.717) is 12.5 Å². The molecule has 1 aliphatic rings. The molecule has 4 nitrogen and oxygen atoms in total. The third-order valence-corrected chi connectivity index (χ3v) is 4.13. The van der Waals surface area contributed by atoms with Crippen LogP contribution < -0.4 is 10.6 Å². The van der Waals surface area contributed by atoms with Crippen molar-refractivity contribution in [3.63, 3.8) is 0 Å². The Morgan fingerprint density at radius 2 is 2.05 bits per heavy atom. The molecule has 0 saturated carbocycles. The second kappa shape index (κ2) is 6.86. The molecule has 1 aromatic rings. The normalized spacial score (nSPS) is 23.8. The Bertz CT molecular complexity index is 433. The van der Waals surface area contributed by atoms with Crippen molar-refractivity contribution in [1.29, 1.82) is 0 Å². The molecule has 1 fully saturated rings. The van der Waals surface area contributed by atoms with E-state index in [4.69, 9.17) is 0 Å². The molecular formula is C16H25N3O. The molecule has 1 unspecified atom stereocenters. The van der Waals surface area contributed by atoms with Crippen LogP contribution in [-0.2, 0) is 4.79 Å². The maximum absolute atomic E-state index is 12.2. The van der Waals surface area contributed by atoms with Crippen LogP contribution >= 0.6 is 0 Å². The molecule has 0 aromatic heterocycles. The number of amides is 1. The number of hydrogen-bond acceptors (Lipinski definition) is 3. The standard InChI is InChI=1S/C16H25N3O/c1-12-9-17-10-14(12)16(20)18-11-15(19(2)3)13-7-5-4-6-8-13/h4-8,12,14-15,17H,9-11H2,1-3H3,(H,18,20)/t12-,14-,15?/m1/s1. The summed E-state index contributed by atoms with van der Waals surface area (Å²) in [6.07, 6.45) is 0. The van der Waals surface area contributed by atoms with Gasteiger partial charge in [-0.3, -0.25) is 4.79 Å². The number of rotatable bonds is 5. The first-order chi connectivity index (χ1) is 9.59. The van der Waals surface area contributed by atoms with Gasteiger partial charge in [0.15, 0.2) is 0 Å². The summed E-state index contributed by atoms with van der Waals surface area (Å²) >= 11 is 0. The van der Waals surface area contributed by atoms with Crippen molar-refractivity contribution in [2.45, 2.75) is 13.0 Å². The Morgan fingerprint density at radius 1 is 1.35 bits per heavy atom. The molecule has 2 rings (SSSR count). The highest BCUT2D eigenvalue weighted by Gasteiger charge is 2.29. The summed E-state index contributed by atoms with van der Waals surface area (Å²) in [5.74, 6) is 0.698. The zero-order valence-electron chi connectivity index (χ0n) is 12.6. The van der Waals surface area contributed by atoms with Gasteiger partial charge in [-0.2, -0.15) is 0 Å². The Hall–Kier alpha value is -1.39. The number of benzene rings is 1. The van der Waals surface area contributed by atoms with Gasteiger partial charge < -0.3 is 15.5 Å². The fourth-order valence-electron chi connectivity index (χ4n) is 2.76. The maximum Gasteiger partial charge on any atom is 0.224 e. The second-order valence-electron chi connectivity index (χ2n) is 5.88. The predicted octanol–water partition coefficient (Wildman–Crippen LogP) is 1.26. The molecule has 1 amide bonds. The molecular weight excluding hydrogens is 250 g/mol. The Labute approximate surface area is 121 Å². The van der Waals surface area contributed by atoms with Gasteiger partial charge in [0.05, 0.1) is 12.0 Å². The topological polar surface area (TPSA) is 44.4 Å². The minimum Gasteiger partial charge on any atom is -0.354 e. The van der Waals surface area contributed by atoms with Gasteiger partial charge in [0.1, 0.15) is 0 Å². The lowest BCUT2D eigenvalue weighted by atomic mass is 9.97. The molecule has 0 aliphatic carbocycles. The lowest BCUT2D eigenvalue weighted by molar-refractivity contribution is -0.125. The van der Waals surface area contributed by atoms with Crippen LogP contribution in [0.1, 0.15) is 18.5 Å². The lowest BCUT2D eigenvalue weighted by Crippen LogP contribution is -2.39. The van der Waals surface area contributed by atoms with Gasteiger partial charge in [0.25, 0.3) is 0 Å². The quantitative estimate of drug-likeness (QED) is 0.850. The van der Waals surface area contributed by atoms with Gasteiger partial charge in [-0.1, -0.05) is 37.3 Å². The summed E-state index contributed by atoms with van der Waals surface area (Å²) < 4.78 is 0. The molecule has 0 spiro atoms. The Morgan fingerprint density at radius 3 is 2.60 bits per heavy atom. The van der Waals surface area contributed by atoms with Crippen molar-refractivity contribution in [3.8, 4) is 0 Å². The van der Waals surface area contributed by atoms with Crippen LogP contribution in [0.2, 0.25) is 0 Å². The van der Waals surface area contributed by atoms with Crippen molar-refractivity contribution >= 4 is 5.91 Å². The summed E-state index contributed by atoms with van der Waals surface area (Å²) in [6.45, 7) is 4.52. The van der Waals surface area contributed by atoms with Gasteiger partial charge in [-0.15, -0.1) is 0 Å². The number of nitrogens with one attached hydrogen (secondary N) is 2. The van der Waals surface area contributed by atoms with E-state index in [1.54, 1.807) is 0 Å². The predicted molar refractivity (Wildman–Crippen MR) is 81.4 cm³/mol. The summed E-state index contributed by atoms with van der Waals surface area (Å²) in [7, 11) is 4.09. The molecule has 1 aliphatic heterocycles. The largest absolute Gasteiger partial charge is 0.354 e. The van der Waals surface area contributed by atoms with E-state index in [2.05, 4.69) is 34.6 Å². The van der Waals surface area contributed by atoms with E-state index in [1.807, 2.05) is 32.3 Å². The van der Waals surface area contributed by atoms with Crippen LogP contribution in [0.25, 0.3) is 0 Å². The van der Waals surface area contributed by atoms with Crippen molar-refractivity contribution in [2.75, 3.05) is 33.7 Å². The van der Waals surface area contributed by atoms with E-state index in [1.165, 1.54) is 5.56 Å². The maximum atomic E-state index is 12.2. The van der Waals surface area contributed by atoms with Crippen LogP contribution in [0.5, 0.6) is 0 Å². The molecule has 3 atom stereocenters. The molecule has 2 N–H and O–H groups in total. The van der Waals surface area contributed by atoms with Crippen LogP contribution in [0.3, 0.4) is 0 Å². The van der Waals surface area contributed by atoms with E-state index >= 15 is 0 Å². The van der Waals surface area contributed by atoms with Crippen molar-refractivity contribution < 1.29 is 4.79 Å². The third kappa shape index (κ3) is 3.58. The highest BCUT2D eigenvalue weighted by Crippen LogP contribution is 2.19. The summed E-state index contributed by atoms with van der Waals surface area (Å²) in [4.78, 5) is 14.4. The van der Waals surface area contributed by atoms with Gasteiger partial charge in [0, 0.05) is 13.1 Å². The van der Waals surface area contributed by atoms with E-state index in [-0.39, 0.29) is 17.9 Å². The summed E-state index contributed by atoms with van der Waals surface area (Å²) in [6, 6.07) is 10.5. The average Bonchev–Trinajstić information content (AvgIpc) is 2.86. The SMILES string of the molecule is C[C@@H]1CNC[C@H]1C(=O)NCC(c1ccccc1)N(C)C. The first-order valence-corrected chi connectivity index (χ1v) is 7.29. The van der Waals surface area contributed by atoms with Gasteiger partial charge in [-0.25, -0.2) is 0 Å². The van der Waals surface area contributed by atoms with Crippen molar-refractivity contribution in [2.24, 2.45) is 11.8 Å². The minimum absolute atomic E-state index is 0.105. The van der Waals surface area contributed by atoms with Crippen LogP contribution in [0, 0.1) is 11.8 Å². The zero-order chi connectivity index (χ0) is 14.5. The first kappa shape index (κ1) is 15.0. The number of hydrogen-bond donors (Lipinski definition) is 2. The number of carbonyl (C=O) groups is 1. The Kier molecular flexibility index (Phi) is 5.15. The minimum atomic E-state index is 0.105. The summed E-state index contributed by atoms with van der Waals surface area (Å²) in [5, 5.41) is 6.39. The first-order valence-electron chi connectivity index (χ1n) is 7.29. The Balaban J connectivity index is 1.94. The molecule has 1 heterocycles. The van der Waals surface area contributed by atoms with Crippen molar-refractivity contribution in [3.05, 3.63) is 35.9 Å². The second-order valence-corrected chi connectivity index (χ2v) is 5.88. The molecule has 0 bridgehead atoms. The van der Waals surface area contributed by atoms with E-state index in [9.17, 15) is 4.79 Å². The number of likely N-dealkylation sites (N-methyl/N-ethyl adjacent to an activating group) is 1. The van der Waals surface area contributed by atoms with E-state index in [0.717, 1.165) is 13.1 Å². The lowest BCUT2D eigenvalue weighted by Gasteiger charge is -2.26. The van der Waals surface area contributed by atoms with Crippen LogP contribution in [0.4, 0.5) is 0 Å². The molecule has 20 heavy (non-hydrogen) atoms. The fourth-order valence-corrected chi connectivity index (χ4v) is 2.76.